The smallest absolute Gasteiger partial charge is 0.178 e. The third-order valence-corrected chi connectivity index (χ3v) is 6.41. The van der Waals surface area contributed by atoms with Crippen molar-refractivity contribution in [1.29, 1.82) is 0 Å². The molecule has 1 aromatic rings. The van der Waals surface area contributed by atoms with E-state index in [2.05, 4.69) is 15.9 Å². The Labute approximate surface area is 127 Å². The van der Waals surface area contributed by atoms with E-state index in [-0.39, 0.29) is 21.0 Å². The Morgan fingerprint density at radius 1 is 1.40 bits per heavy atom. The van der Waals surface area contributed by atoms with Gasteiger partial charge in [-0.1, -0.05) is 0 Å². The van der Waals surface area contributed by atoms with Crippen LogP contribution in [0, 0.1) is 11.7 Å². The first-order chi connectivity index (χ1) is 9.20. The second kappa shape index (κ2) is 5.73. The first-order valence-electron chi connectivity index (χ1n) is 6.60. The highest BCUT2D eigenvalue weighted by molar-refractivity contribution is 9.10. The maximum Gasteiger partial charge on any atom is 0.178 e. The van der Waals surface area contributed by atoms with E-state index in [1.54, 1.807) is 6.92 Å². The fourth-order valence-corrected chi connectivity index (χ4v) is 4.49. The number of benzene rings is 1. The first-order valence-corrected chi connectivity index (χ1v) is 9.04. The fraction of sp³-hybridized carbons (Fsp3) is 0.571. The molecule has 0 heterocycles. The molecule has 3 nitrogen and oxygen atoms in total. The number of aliphatic hydroxyl groups is 1. The number of rotatable bonds is 3. The van der Waals surface area contributed by atoms with E-state index in [1.807, 2.05) is 0 Å². The Bertz CT molecular complexity index is 588. The summed E-state index contributed by atoms with van der Waals surface area (Å²) in [4.78, 5) is 0.0236. The summed E-state index contributed by atoms with van der Waals surface area (Å²) in [6.45, 7) is 1.78. The molecule has 0 aliphatic heterocycles. The number of hydrogen-bond donors (Lipinski definition) is 1. The molecule has 0 aromatic heterocycles. The van der Waals surface area contributed by atoms with Gasteiger partial charge in [-0.15, -0.1) is 0 Å². The molecule has 112 valence electrons. The zero-order valence-electron chi connectivity index (χ0n) is 11.3. The molecule has 0 atom stereocenters. The van der Waals surface area contributed by atoms with Gasteiger partial charge in [0.15, 0.2) is 9.84 Å². The third kappa shape index (κ3) is 3.80. The van der Waals surface area contributed by atoms with Crippen LogP contribution >= 0.6 is 15.9 Å². The van der Waals surface area contributed by atoms with Crippen molar-refractivity contribution in [2.24, 2.45) is 5.92 Å². The Kier molecular flexibility index (Phi) is 4.56. The fourth-order valence-electron chi connectivity index (χ4n) is 2.54. The van der Waals surface area contributed by atoms with Crippen LogP contribution in [0.25, 0.3) is 0 Å². The van der Waals surface area contributed by atoms with Crippen molar-refractivity contribution < 1.29 is 17.9 Å². The molecular formula is C14H18BrFO3S. The normalized spacial score (nSPS) is 27.5. The standard InChI is InChI=1S/C14H18BrFO3S/c1-14(17)6-4-10(5-7-14)9-20(18,19)11-2-3-12(15)13(16)8-11/h2-3,8,10,17H,4-7,9H2,1H3/t10-,14+. The SMILES string of the molecule is C[C@]1(O)CC[C@@H](CS(=O)(=O)c2ccc(Br)c(F)c2)CC1. The summed E-state index contributed by atoms with van der Waals surface area (Å²) in [7, 11) is -3.48. The second-order valence-corrected chi connectivity index (χ2v) is 8.69. The van der Waals surface area contributed by atoms with Crippen molar-refractivity contribution in [3.05, 3.63) is 28.5 Å². The maximum absolute atomic E-state index is 13.4. The van der Waals surface area contributed by atoms with Crippen LogP contribution < -0.4 is 0 Å². The summed E-state index contributed by atoms with van der Waals surface area (Å²) in [6, 6.07) is 3.88. The average Bonchev–Trinajstić information content (AvgIpc) is 2.35. The maximum atomic E-state index is 13.4. The number of halogens is 2. The zero-order chi connectivity index (χ0) is 15.0. The molecule has 0 bridgehead atoms. The Balaban J connectivity index is 2.10. The summed E-state index contributed by atoms with van der Waals surface area (Å²) < 4.78 is 38.3. The van der Waals surface area contributed by atoms with E-state index in [0.29, 0.717) is 25.7 Å². The summed E-state index contributed by atoms with van der Waals surface area (Å²) in [5, 5.41) is 9.87. The highest BCUT2D eigenvalue weighted by atomic mass is 79.9. The molecule has 1 aliphatic rings. The van der Waals surface area contributed by atoms with Crippen LogP contribution in [-0.2, 0) is 9.84 Å². The van der Waals surface area contributed by atoms with Gasteiger partial charge >= 0.3 is 0 Å². The lowest BCUT2D eigenvalue weighted by atomic mass is 9.81. The minimum Gasteiger partial charge on any atom is -0.390 e. The van der Waals surface area contributed by atoms with Crippen LogP contribution in [0.1, 0.15) is 32.6 Å². The number of sulfone groups is 1. The van der Waals surface area contributed by atoms with E-state index in [9.17, 15) is 17.9 Å². The molecule has 0 amide bonds. The molecule has 1 aromatic carbocycles. The zero-order valence-corrected chi connectivity index (χ0v) is 13.7. The van der Waals surface area contributed by atoms with Gasteiger partial charge < -0.3 is 5.11 Å². The monoisotopic (exact) mass is 364 g/mol. The Morgan fingerprint density at radius 3 is 2.55 bits per heavy atom. The van der Waals surface area contributed by atoms with Crippen molar-refractivity contribution in [3.63, 3.8) is 0 Å². The molecular weight excluding hydrogens is 347 g/mol. The highest BCUT2D eigenvalue weighted by Crippen LogP contribution is 2.33. The summed E-state index contributed by atoms with van der Waals surface area (Å²) >= 11 is 3.01. The van der Waals surface area contributed by atoms with E-state index < -0.39 is 21.3 Å². The second-order valence-electron chi connectivity index (χ2n) is 5.80. The molecule has 20 heavy (non-hydrogen) atoms. The van der Waals surface area contributed by atoms with Gasteiger partial charge in [-0.25, -0.2) is 12.8 Å². The van der Waals surface area contributed by atoms with E-state index in [0.717, 1.165) is 6.07 Å². The minimum atomic E-state index is -3.48. The van der Waals surface area contributed by atoms with Crippen LogP contribution in [-0.4, -0.2) is 24.9 Å². The molecule has 1 fully saturated rings. The summed E-state index contributed by atoms with van der Waals surface area (Å²) in [5.41, 5.74) is -0.677. The summed E-state index contributed by atoms with van der Waals surface area (Å²) in [5.74, 6) is -0.519. The molecule has 1 aliphatic carbocycles. The van der Waals surface area contributed by atoms with Crippen LogP contribution in [0.5, 0.6) is 0 Å². The van der Waals surface area contributed by atoms with Gasteiger partial charge in [0, 0.05) is 0 Å². The van der Waals surface area contributed by atoms with Crippen molar-refractivity contribution in [2.45, 2.75) is 43.1 Å². The lowest BCUT2D eigenvalue weighted by Gasteiger charge is -2.32. The van der Waals surface area contributed by atoms with Crippen LogP contribution in [0.15, 0.2) is 27.6 Å². The lowest BCUT2D eigenvalue weighted by Crippen LogP contribution is -2.32. The van der Waals surface area contributed by atoms with Gasteiger partial charge in [-0.2, -0.15) is 0 Å². The predicted octanol–water partition coefficient (Wildman–Crippen LogP) is 3.30. The molecule has 1 N–H and O–H groups in total. The van der Waals surface area contributed by atoms with E-state index in [4.69, 9.17) is 0 Å². The minimum absolute atomic E-state index is 0.0180. The molecule has 2 rings (SSSR count). The highest BCUT2D eigenvalue weighted by Gasteiger charge is 2.31. The topological polar surface area (TPSA) is 54.4 Å². The van der Waals surface area contributed by atoms with Crippen LogP contribution in [0.4, 0.5) is 4.39 Å². The third-order valence-electron chi connectivity index (χ3n) is 3.89. The van der Waals surface area contributed by atoms with E-state index >= 15 is 0 Å². The molecule has 6 heteroatoms. The molecule has 0 saturated heterocycles. The molecule has 0 radical (unpaired) electrons. The van der Waals surface area contributed by atoms with Gasteiger partial charge in [-0.3, -0.25) is 0 Å². The predicted molar refractivity (Wildman–Crippen MR) is 78.7 cm³/mol. The first kappa shape index (κ1) is 15.9. The quantitative estimate of drug-likeness (QED) is 0.894. The van der Waals surface area contributed by atoms with Crippen molar-refractivity contribution >= 4 is 25.8 Å². The van der Waals surface area contributed by atoms with Gasteiger partial charge in [0.05, 0.1) is 20.7 Å². The van der Waals surface area contributed by atoms with Gasteiger partial charge in [0.1, 0.15) is 5.82 Å². The lowest BCUT2D eigenvalue weighted by molar-refractivity contribution is 0.0108. The van der Waals surface area contributed by atoms with Crippen LogP contribution in [0.2, 0.25) is 0 Å². The van der Waals surface area contributed by atoms with Gasteiger partial charge in [-0.05, 0) is 72.7 Å². The average molecular weight is 365 g/mol. The van der Waals surface area contributed by atoms with Gasteiger partial charge in [0.25, 0.3) is 0 Å². The van der Waals surface area contributed by atoms with Crippen LogP contribution in [0.3, 0.4) is 0 Å². The number of hydrogen-bond acceptors (Lipinski definition) is 3. The molecule has 1 saturated carbocycles. The van der Waals surface area contributed by atoms with E-state index in [1.165, 1.54) is 12.1 Å². The van der Waals surface area contributed by atoms with Crippen molar-refractivity contribution in [2.75, 3.05) is 5.75 Å². The molecule has 0 unspecified atom stereocenters. The largest absolute Gasteiger partial charge is 0.390 e. The Morgan fingerprint density at radius 2 is 2.00 bits per heavy atom. The Hall–Kier alpha value is -0.460. The molecule has 0 spiro atoms. The van der Waals surface area contributed by atoms with Crippen molar-refractivity contribution in [3.8, 4) is 0 Å². The van der Waals surface area contributed by atoms with Crippen molar-refractivity contribution in [1.82, 2.24) is 0 Å². The summed E-state index contributed by atoms with van der Waals surface area (Å²) in [6.07, 6.45) is 2.60. The van der Waals surface area contributed by atoms with Gasteiger partial charge in [0.2, 0.25) is 0 Å².